The maximum Gasteiger partial charge on any atom is 0.269 e. The van der Waals surface area contributed by atoms with Gasteiger partial charge in [0.1, 0.15) is 0 Å². The molecule has 1 saturated heterocycles. The fraction of sp³-hybridized carbons (Fsp3) is 0.381. The lowest BCUT2D eigenvalue weighted by Gasteiger charge is -2.35. The molecule has 2 aromatic carbocycles. The van der Waals surface area contributed by atoms with Crippen LogP contribution >= 0.6 is 11.8 Å². The highest BCUT2D eigenvalue weighted by atomic mass is 32.2. The van der Waals surface area contributed by atoms with Crippen molar-refractivity contribution in [3.63, 3.8) is 0 Å². The zero-order chi connectivity index (χ0) is 20.5. The first kappa shape index (κ1) is 21.1. The van der Waals surface area contributed by atoms with Crippen molar-refractivity contribution in [2.45, 2.75) is 11.3 Å². The summed E-state index contributed by atoms with van der Waals surface area (Å²) in [6, 6.07) is 16.9. The molecule has 3 rings (SSSR count). The minimum Gasteiger partial charge on any atom is -0.369 e. The normalized spacial score (nSPS) is 14.6. The Labute approximate surface area is 175 Å². The monoisotopic (exact) mass is 414 g/mol. The molecule has 0 bridgehead atoms. The van der Waals surface area contributed by atoms with E-state index in [-0.39, 0.29) is 16.5 Å². The van der Waals surface area contributed by atoms with Crippen molar-refractivity contribution < 1.29 is 9.72 Å². The predicted molar refractivity (Wildman–Crippen MR) is 117 cm³/mol. The molecule has 29 heavy (non-hydrogen) atoms. The van der Waals surface area contributed by atoms with Gasteiger partial charge in [0.05, 0.1) is 11.5 Å². The first-order valence-electron chi connectivity index (χ1n) is 9.78. The van der Waals surface area contributed by atoms with E-state index in [0.717, 1.165) is 44.0 Å². The zero-order valence-corrected chi connectivity index (χ0v) is 17.1. The Balaban J connectivity index is 1.30. The standard InChI is InChI=1S/C21H26N4O3S/c26-21(22-11-4-16-29-20-5-2-1-3-6-20)17-23-12-14-24(15-13-23)18-7-9-19(10-8-18)25(27)28/h1-3,5-10H,4,11-17H2,(H,22,26). The maximum absolute atomic E-state index is 12.2. The van der Waals surface area contributed by atoms with Crippen LogP contribution in [-0.2, 0) is 4.79 Å². The lowest BCUT2D eigenvalue weighted by atomic mass is 10.2. The molecule has 0 spiro atoms. The molecule has 154 valence electrons. The molecule has 0 radical (unpaired) electrons. The third-order valence-electron chi connectivity index (χ3n) is 4.82. The summed E-state index contributed by atoms with van der Waals surface area (Å²) in [7, 11) is 0. The minimum absolute atomic E-state index is 0.0681. The van der Waals surface area contributed by atoms with Crippen LogP contribution in [0.5, 0.6) is 0 Å². The molecule has 2 aromatic rings. The van der Waals surface area contributed by atoms with Gasteiger partial charge in [-0.05, 0) is 36.4 Å². The van der Waals surface area contributed by atoms with Crippen LogP contribution in [0.25, 0.3) is 0 Å². The average Bonchev–Trinajstić information content (AvgIpc) is 2.75. The maximum atomic E-state index is 12.2. The average molecular weight is 415 g/mol. The van der Waals surface area contributed by atoms with Crippen molar-refractivity contribution in [3.05, 3.63) is 64.7 Å². The number of nitro benzene ring substituents is 1. The molecule has 8 heteroatoms. The van der Waals surface area contributed by atoms with Gasteiger partial charge in [-0.2, -0.15) is 0 Å². The Bertz CT molecular complexity index is 793. The van der Waals surface area contributed by atoms with Gasteiger partial charge in [0.2, 0.25) is 5.91 Å². The molecule has 0 saturated carbocycles. The van der Waals surface area contributed by atoms with E-state index in [1.807, 2.05) is 18.2 Å². The van der Waals surface area contributed by atoms with Crippen LogP contribution in [0.2, 0.25) is 0 Å². The Kier molecular flexibility index (Phi) is 7.89. The number of thioether (sulfide) groups is 1. The van der Waals surface area contributed by atoms with Gasteiger partial charge in [0.25, 0.3) is 5.69 Å². The van der Waals surface area contributed by atoms with Crippen molar-refractivity contribution in [1.29, 1.82) is 0 Å². The van der Waals surface area contributed by atoms with E-state index >= 15 is 0 Å². The van der Waals surface area contributed by atoms with Crippen LogP contribution in [0, 0.1) is 10.1 Å². The summed E-state index contributed by atoms with van der Waals surface area (Å²) >= 11 is 1.80. The lowest BCUT2D eigenvalue weighted by molar-refractivity contribution is -0.384. The molecule has 1 aliphatic rings. The van der Waals surface area contributed by atoms with Gasteiger partial charge in [-0.1, -0.05) is 18.2 Å². The van der Waals surface area contributed by atoms with E-state index in [4.69, 9.17) is 0 Å². The highest BCUT2D eigenvalue weighted by Gasteiger charge is 2.19. The summed E-state index contributed by atoms with van der Waals surface area (Å²) < 4.78 is 0. The summed E-state index contributed by atoms with van der Waals surface area (Å²) in [5.41, 5.74) is 1.09. The van der Waals surface area contributed by atoms with Gasteiger partial charge >= 0.3 is 0 Å². The third kappa shape index (κ3) is 6.76. The van der Waals surface area contributed by atoms with Crippen molar-refractivity contribution >= 4 is 29.0 Å². The Morgan fingerprint density at radius 1 is 1.03 bits per heavy atom. The smallest absolute Gasteiger partial charge is 0.269 e. The number of nitrogens with one attached hydrogen (secondary N) is 1. The number of nitro groups is 1. The quantitative estimate of drug-likeness (QED) is 0.294. The molecule has 0 aromatic heterocycles. The van der Waals surface area contributed by atoms with Gasteiger partial charge in [0.15, 0.2) is 0 Å². The summed E-state index contributed by atoms with van der Waals surface area (Å²) in [5.74, 6) is 1.05. The first-order chi connectivity index (χ1) is 14.1. The van der Waals surface area contributed by atoms with Crippen LogP contribution in [0.4, 0.5) is 11.4 Å². The molecule has 0 unspecified atom stereocenters. The fourth-order valence-electron chi connectivity index (χ4n) is 3.22. The molecule has 0 aliphatic carbocycles. The zero-order valence-electron chi connectivity index (χ0n) is 16.3. The number of carbonyl (C=O) groups excluding carboxylic acids is 1. The van der Waals surface area contributed by atoms with Crippen LogP contribution in [-0.4, -0.2) is 60.8 Å². The van der Waals surface area contributed by atoms with E-state index in [9.17, 15) is 14.9 Å². The topological polar surface area (TPSA) is 78.7 Å². The molecule has 1 amide bonds. The van der Waals surface area contributed by atoms with Gasteiger partial charge in [-0.25, -0.2) is 0 Å². The SMILES string of the molecule is O=C(CN1CCN(c2ccc([N+](=O)[O-])cc2)CC1)NCCCSc1ccccc1. The Morgan fingerprint density at radius 3 is 2.38 bits per heavy atom. The van der Waals surface area contributed by atoms with Gasteiger partial charge in [0, 0.05) is 55.4 Å². The number of rotatable bonds is 9. The highest BCUT2D eigenvalue weighted by molar-refractivity contribution is 7.99. The molecular weight excluding hydrogens is 388 g/mol. The highest BCUT2D eigenvalue weighted by Crippen LogP contribution is 2.20. The lowest BCUT2D eigenvalue weighted by Crippen LogP contribution is -2.49. The van der Waals surface area contributed by atoms with E-state index in [1.54, 1.807) is 23.9 Å². The summed E-state index contributed by atoms with van der Waals surface area (Å²) in [4.78, 5) is 28.1. The number of carbonyl (C=O) groups is 1. The number of piperazine rings is 1. The number of hydrogen-bond acceptors (Lipinski definition) is 6. The van der Waals surface area contributed by atoms with Crippen LogP contribution in [0.15, 0.2) is 59.5 Å². The summed E-state index contributed by atoms with van der Waals surface area (Å²) in [6.45, 7) is 4.32. The Hall–Kier alpha value is -2.58. The van der Waals surface area contributed by atoms with Crippen LogP contribution in [0.3, 0.4) is 0 Å². The second kappa shape index (κ2) is 10.8. The van der Waals surface area contributed by atoms with E-state index in [1.165, 1.54) is 17.0 Å². The number of anilines is 1. The van der Waals surface area contributed by atoms with Gasteiger partial charge in [-0.15, -0.1) is 11.8 Å². The van der Waals surface area contributed by atoms with Gasteiger partial charge in [-0.3, -0.25) is 19.8 Å². The number of nitrogens with zero attached hydrogens (tertiary/aromatic N) is 3. The molecule has 0 atom stereocenters. The fourth-order valence-corrected chi connectivity index (χ4v) is 4.09. The first-order valence-corrected chi connectivity index (χ1v) is 10.8. The van der Waals surface area contributed by atoms with Crippen LogP contribution < -0.4 is 10.2 Å². The summed E-state index contributed by atoms with van der Waals surface area (Å²) in [6.07, 6.45) is 0.944. The van der Waals surface area contributed by atoms with Crippen molar-refractivity contribution in [3.8, 4) is 0 Å². The number of hydrogen-bond donors (Lipinski definition) is 1. The predicted octanol–water partition coefficient (Wildman–Crippen LogP) is 3.02. The number of amides is 1. The molecule has 1 N–H and O–H groups in total. The van der Waals surface area contributed by atoms with E-state index in [2.05, 4.69) is 27.2 Å². The largest absolute Gasteiger partial charge is 0.369 e. The Morgan fingerprint density at radius 2 is 1.72 bits per heavy atom. The number of non-ortho nitro benzene ring substituents is 1. The molecular formula is C21H26N4O3S. The van der Waals surface area contributed by atoms with E-state index in [0.29, 0.717) is 13.1 Å². The van der Waals surface area contributed by atoms with E-state index < -0.39 is 0 Å². The second-order valence-electron chi connectivity index (χ2n) is 6.90. The number of benzene rings is 2. The van der Waals surface area contributed by atoms with Crippen molar-refractivity contribution in [2.75, 3.05) is 49.9 Å². The van der Waals surface area contributed by atoms with Gasteiger partial charge < -0.3 is 10.2 Å². The van der Waals surface area contributed by atoms with Crippen LogP contribution in [0.1, 0.15) is 6.42 Å². The third-order valence-corrected chi connectivity index (χ3v) is 5.92. The summed E-state index contributed by atoms with van der Waals surface area (Å²) in [5, 5.41) is 13.8. The minimum atomic E-state index is -0.388. The second-order valence-corrected chi connectivity index (χ2v) is 8.07. The molecule has 1 heterocycles. The van der Waals surface area contributed by atoms with Crippen molar-refractivity contribution in [1.82, 2.24) is 10.2 Å². The molecule has 1 aliphatic heterocycles. The van der Waals surface area contributed by atoms with Crippen molar-refractivity contribution in [2.24, 2.45) is 0 Å². The molecule has 1 fully saturated rings. The molecule has 7 nitrogen and oxygen atoms in total.